The monoisotopic (exact) mass is 330 g/mol. The Morgan fingerprint density at radius 3 is 2.36 bits per heavy atom. The number of rotatable bonds is 8. The molecule has 0 radical (unpaired) electrons. The molecule has 0 bridgehead atoms. The first-order valence-corrected chi connectivity index (χ1v) is 9.17. The van der Waals surface area contributed by atoms with Crippen LogP contribution in [0.4, 0.5) is 5.69 Å². The van der Waals surface area contributed by atoms with Gasteiger partial charge in [-0.15, -0.1) is 0 Å². The van der Waals surface area contributed by atoms with Gasteiger partial charge in [0.25, 0.3) is 0 Å². The van der Waals surface area contributed by atoms with E-state index in [9.17, 15) is 13.5 Å². The fraction of sp³-hybridized carbons (Fsp3) is 0.600. The van der Waals surface area contributed by atoms with Crippen LogP contribution in [-0.2, 0) is 14.8 Å². The molecule has 0 saturated carbocycles. The lowest BCUT2D eigenvalue weighted by molar-refractivity contribution is 0.00619. The van der Waals surface area contributed by atoms with Gasteiger partial charge < -0.3 is 15.2 Å². The van der Waals surface area contributed by atoms with Crippen molar-refractivity contribution in [1.29, 1.82) is 0 Å². The minimum absolute atomic E-state index is 0.0269. The van der Waals surface area contributed by atoms with E-state index >= 15 is 0 Å². The molecule has 0 heterocycles. The predicted octanol–water partition coefficient (Wildman–Crippen LogP) is 2.23. The molecule has 0 aliphatic heterocycles. The van der Waals surface area contributed by atoms with Gasteiger partial charge in [-0.3, -0.25) is 4.72 Å². The normalized spacial score (nSPS) is 13.6. The summed E-state index contributed by atoms with van der Waals surface area (Å²) in [4.78, 5) is 0. The highest BCUT2D eigenvalue weighted by molar-refractivity contribution is 7.92. The van der Waals surface area contributed by atoms with Crippen LogP contribution >= 0.6 is 0 Å². The first kappa shape index (κ1) is 18.7. The van der Waals surface area contributed by atoms with Crippen LogP contribution in [0.15, 0.2) is 18.2 Å². The minimum atomic E-state index is -3.46. The Balaban J connectivity index is 3.05. The van der Waals surface area contributed by atoms with Crippen molar-refractivity contribution in [2.75, 3.05) is 17.5 Å². The van der Waals surface area contributed by atoms with Gasteiger partial charge in [0.1, 0.15) is 5.75 Å². The Morgan fingerprint density at radius 1 is 1.23 bits per heavy atom. The Labute approximate surface area is 132 Å². The predicted molar refractivity (Wildman–Crippen MR) is 88.7 cm³/mol. The number of anilines is 1. The largest absolute Gasteiger partial charge is 0.506 e. The SMILES string of the molecule is CC(C)NCC(OC(C)C)c1ccc(O)c(NS(C)(=O)=O)c1. The van der Waals surface area contributed by atoms with Crippen LogP contribution in [0.1, 0.15) is 39.4 Å². The molecule has 0 aromatic heterocycles. The summed E-state index contributed by atoms with van der Waals surface area (Å²) in [5.74, 6) is -0.116. The van der Waals surface area contributed by atoms with Crippen molar-refractivity contribution in [3.05, 3.63) is 23.8 Å². The smallest absolute Gasteiger partial charge is 0.229 e. The van der Waals surface area contributed by atoms with Gasteiger partial charge in [-0.25, -0.2) is 8.42 Å². The quantitative estimate of drug-likeness (QED) is 0.636. The van der Waals surface area contributed by atoms with Crippen LogP contribution in [0, 0.1) is 0 Å². The Hall–Kier alpha value is -1.31. The molecule has 3 N–H and O–H groups in total. The Morgan fingerprint density at radius 2 is 1.86 bits per heavy atom. The average molecular weight is 330 g/mol. The Bertz CT molecular complexity index is 585. The van der Waals surface area contributed by atoms with Gasteiger partial charge in [0, 0.05) is 12.6 Å². The van der Waals surface area contributed by atoms with Crippen LogP contribution in [0.2, 0.25) is 0 Å². The average Bonchev–Trinajstić information content (AvgIpc) is 2.35. The number of benzene rings is 1. The zero-order chi connectivity index (χ0) is 16.9. The van der Waals surface area contributed by atoms with Crippen molar-refractivity contribution in [2.45, 2.75) is 45.9 Å². The first-order valence-electron chi connectivity index (χ1n) is 7.28. The van der Waals surface area contributed by atoms with Gasteiger partial charge in [-0.2, -0.15) is 0 Å². The molecule has 0 fully saturated rings. The fourth-order valence-electron chi connectivity index (χ4n) is 1.95. The topological polar surface area (TPSA) is 87.7 Å². The summed E-state index contributed by atoms with van der Waals surface area (Å²) in [6, 6.07) is 5.11. The number of nitrogens with one attached hydrogen (secondary N) is 2. The third kappa shape index (κ3) is 6.64. The minimum Gasteiger partial charge on any atom is -0.506 e. The summed E-state index contributed by atoms with van der Waals surface area (Å²) in [5.41, 5.74) is 0.952. The number of ether oxygens (including phenoxy) is 1. The summed E-state index contributed by atoms with van der Waals surface area (Å²) in [6.07, 6.45) is 0.837. The molecule has 0 saturated heterocycles. The van der Waals surface area contributed by atoms with Gasteiger partial charge in [0.2, 0.25) is 10.0 Å². The molecule has 0 spiro atoms. The Kier molecular flexibility index (Phi) is 6.65. The van der Waals surface area contributed by atoms with E-state index < -0.39 is 10.0 Å². The maximum Gasteiger partial charge on any atom is 0.229 e. The molecular weight excluding hydrogens is 304 g/mol. The summed E-state index contributed by atoms with van der Waals surface area (Å²) >= 11 is 0. The number of phenolic OH excluding ortho intramolecular Hbond substituents is 1. The van der Waals surface area contributed by atoms with Crippen molar-refractivity contribution in [2.24, 2.45) is 0 Å². The highest BCUT2D eigenvalue weighted by Gasteiger charge is 2.17. The van der Waals surface area contributed by atoms with E-state index in [4.69, 9.17) is 4.74 Å². The van der Waals surface area contributed by atoms with Gasteiger partial charge in [0.05, 0.1) is 24.2 Å². The van der Waals surface area contributed by atoms with Crippen molar-refractivity contribution in [3.8, 4) is 5.75 Å². The molecule has 6 nitrogen and oxygen atoms in total. The van der Waals surface area contributed by atoms with E-state index in [0.717, 1.165) is 11.8 Å². The lowest BCUT2D eigenvalue weighted by Crippen LogP contribution is -2.30. The molecule has 0 amide bonds. The number of hydrogen-bond acceptors (Lipinski definition) is 5. The third-order valence-corrected chi connectivity index (χ3v) is 3.43. The van der Waals surface area contributed by atoms with Crippen molar-refractivity contribution in [1.82, 2.24) is 5.32 Å². The highest BCUT2D eigenvalue weighted by atomic mass is 32.2. The molecule has 1 unspecified atom stereocenters. The molecule has 1 atom stereocenters. The standard InChI is InChI=1S/C15H26N2O4S/c1-10(2)16-9-15(21-11(3)4)12-6-7-14(18)13(8-12)17-22(5,19)20/h6-8,10-11,15-18H,9H2,1-5H3. The zero-order valence-electron chi connectivity index (χ0n) is 13.8. The maximum atomic E-state index is 11.4. The zero-order valence-corrected chi connectivity index (χ0v) is 14.6. The molecule has 7 heteroatoms. The lowest BCUT2D eigenvalue weighted by atomic mass is 10.1. The second-order valence-corrected chi connectivity index (χ2v) is 7.64. The highest BCUT2D eigenvalue weighted by Crippen LogP contribution is 2.29. The van der Waals surface area contributed by atoms with Crippen LogP contribution in [0.25, 0.3) is 0 Å². The maximum absolute atomic E-state index is 11.4. The molecular formula is C15H26N2O4S. The van der Waals surface area contributed by atoms with Crippen molar-refractivity contribution in [3.63, 3.8) is 0 Å². The number of hydrogen-bond donors (Lipinski definition) is 3. The molecule has 1 aromatic carbocycles. The molecule has 0 aliphatic carbocycles. The molecule has 0 aliphatic rings. The second kappa shape index (κ2) is 7.80. The summed E-state index contributed by atoms with van der Waals surface area (Å²) in [7, 11) is -3.46. The molecule has 126 valence electrons. The van der Waals surface area contributed by atoms with E-state index in [1.165, 1.54) is 6.07 Å². The van der Waals surface area contributed by atoms with Gasteiger partial charge in [-0.05, 0) is 31.5 Å². The third-order valence-electron chi connectivity index (χ3n) is 2.84. The van der Waals surface area contributed by atoms with Crippen LogP contribution < -0.4 is 10.0 Å². The van der Waals surface area contributed by atoms with Crippen molar-refractivity contribution < 1.29 is 18.3 Å². The van der Waals surface area contributed by atoms with E-state index in [2.05, 4.69) is 10.0 Å². The van der Waals surface area contributed by atoms with Gasteiger partial charge in [-0.1, -0.05) is 19.9 Å². The number of sulfonamides is 1. The van der Waals surface area contributed by atoms with Crippen molar-refractivity contribution >= 4 is 15.7 Å². The lowest BCUT2D eigenvalue weighted by Gasteiger charge is -2.23. The van der Waals surface area contributed by atoms with E-state index in [0.29, 0.717) is 12.6 Å². The van der Waals surface area contributed by atoms with E-state index in [1.807, 2.05) is 27.7 Å². The molecule has 1 rings (SSSR count). The second-order valence-electron chi connectivity index (χ2n) is 5.89. The number of aromatic hydroxyl groups is 1. The van der Waals surface area contributed by atoms with Gasteiger partial charge >= 0.3 is 0 Å². The fourth-order valence-corrected chi connectivity index (χ4v) is 2.51. The van der Waals surface area contributed by atoms with Gasteiger partial charge in [0.15, 0.2) is 0 Å². The van der Waals surface area contributed by atoms with Crippen LogP contribution in [0.3, 0.4) is 0 Å². The summed E-state index contributed by atoms with van der Waals surface area (Å²) < 4.78 is 30.9. The molecule has 22 heavy (non-hydrogen) atoms. The summed E-state index contributed by atoms with van der Waals surface area (Å²) in [5, 5.41) is 13.1. The summed E-state index contributed by atoms with van der Waals surface area (Å²) in [6.45, 7) is 8.57. The van der Waals surface area contributed by atoms with E-state index in [1.54, 1.807) is 12.1 Å². The molecule has 1 aromatic rings. The first-order chi connectivity index (χ1) is 10.1. The van der Waals surface area contributed by atoms with E-state index in [-0.39, 0.29) is 23.6 Å². The van der Waals surface area contributed by atoms with Crippen LogP contribution in [0.5, 0.6) is 5.75 Å². The number of phenols is 1. The van der Waals surface area contributed by atoms with Crippen LogP contribution in [-0.4, -0.2) is 38.5 Å².